The minimum Gasteiger partial charge on any atom is -0.466 e. The molecule has 1 aromatic heterocycles. The summed E-state index contributed by atoms with van der Waals surface area (Å²) in [5.41, 5.74) is 0.841. The van der Waals surface area contributed by atoms with Crippen LogP contribution >= 0.6 is 22.6 Å². The molecule has 0 unspecified atom stereocenters. The average molecular weight is 389 g/mol. The molecule has 4 nitrogen and oxygen atoms in total. The number of aromatic nitrogens is 1. The maximum atomic E-state index is 12.2. The number of hydrogen-bond donors (Lipinski definition) is 0. The highest BCUT2D eigenvalue weighted by Gasteiger charge is 2.32. The van der Waals surface area contributed by atoms with E-state index in [9.17, 15) is 18.0 Å². The molecule has 19 heavy (non-hydrogen) atoms. The highest BCUT2D eigenvalue weighted by molar-refractivity contribution is 14.1. The van der Waals surface area contributed by atoms with Crippen LogP contribution in [0.1, 0.15) is 18.2 Å². The molecule has 0 radical (unpaired) electrons. The summed E-state index contributed by atoms with van der Waals surface area (Å²) in [4.78, 5) is 15.2. The fraction of sp³-hybridized carbons (Fsp3) is 0.455. The third kappa shape index (κ3) is 4.84. The maximum absolute atomic E-state index is 12.2. The van der Waals surface area contributed by atoms with Crippen molar-refractivity contribution in [3.05, 3.63) is 21.0 Å². The van der Waals surface area contributed by atoms with E-state index in [1.165, 1.54) is 0 Å². The highest BCUT2D eigenvalue weighted by atomic mass is 127. The number of carbonyl (C=O) groups is 1. The zero-order valence-electron chi connectivity index (χ0n) is 10.2. The first-order valence-electron chi connectivity index (χ1n) is 5.30. The molecule has 1 rings (SSSR count). The van der Waals surface area contributed by atoms with Crippen LogP contribution in [0, 0.1) is 10.5 Å². The third-order valence-corrected chi connectivity index (χ3v) is 3.33. The third-order valence-electron chi connectivity index (χ3n) is 2.15. The van der Waals surface area contributed by atoms with E-state index in [4.69, 9.17) is 4.74 Å². The van der Waals surface area contributed by atoms with Gasteiger partial charge in [-0.15, -0.1) is 13.2 Å². The van der Waals surface area contributed by atoms with Gasteiger partial charge < -0.3 is 9.47 Å². The van der Waals surface area contributed by atoms with Gasteiger partial charge in [-0.3, -0.25) is 9.78 Å². The lowest BCUT2D eigenvalue weighted by Gasteiger charge is -2.14. The number of carbonyl (C=O) groups excluding carboxylic acids is 1. The molecule has 0 fully saturated rings. The normalized spacial score (nSPS) is 11.3. The Morgan fingerprint density at radius 3 is 2.63 bits per heavy atom. The quantitative estimate of drug-likeness (QED) is 0.587. The number of ether oxygens (including phenoxy) is 2. The fourth-order valence-corrected chi connectivity index (χ4v) is 2.19. The van der Waals surface area contributed by atoms with Crippen molar-refractivity contribution in [3.63, 3.8) is 0 Å². The molecule has 0 spiro atoms. The first-order valence-corrected chi connectivity index (χ1v) is 6.37. The van der Waals surface area contributed by atoms with Crippen molar-refractivity contribution in [2.45, 2.75) is 26.6 Å². The van der Waals surface area contributed by atoms with Crippen molar-refractivity contribution in [1.29, 1.82) is 0 Å². The molecule has 0 aromatic carbocycles. The summed E-state index contributed by atoms with van der Waals surface area (Å²) in [6, 6.07) is 0. The summed E-state index contributed by atoms with van der Waals surface area (Å²) in [5.74, 6) is -0.938. The first kappa shape index (κ1) is 16.0. The van der Waals surface area contributed by atoms with Crippen LogP contribution in [0.4, 0.5) is 13.2 Å². The Bertz CT molecular complexity index is 477. The van der Waals surface area contributed by atoms with Gasteiger partial charge in [0.25, 0.3) is 0 Å². The van der Waals surface area contributed by atoms with E-state index in [2.05, 4.69) is 9.72 Å². The minimum atomic E-state index is -4.79. The lowest BCUT2D eigenvalue weighted by Crippen LogP contribution is -2.19. The van der Waals surface area contributed by atoms with Crippen molar-refractivity contribution in [2.75, 3.05) is 6.61 Å². The minimum absolute atomic E-state index is 0.139. The smallest absolute Gasteiger partial charge is 0.466 e. The van der Waals surface area contributed by atoms with Gasteiger partial charge in [0.1, 0.15) is 0 Å². The summed E-state index contributed by atoms with van der Waals surface area (Å²) >= 11 is 1.70. The topological polar surface area (TPSA) is 48.4 Å². The Labute approximate surface area is 121 Å². The van der Waals surface area contributed by atoms with Crippen LogP contribution < -0.4 is 4.74 Å². The molecule has 0 amide bonds. The molecule has 0 saturated heterocycles. The zero-order chi connectivity index (χ0) is 14.6. The van der Waals surface area contributed by atoms with Crippen molar-refractivity contribution >= 4 is 28.6 Å². The molecule has 0 aliphatic heterocycles. The standard InChI is InChI=1S/C11H11F3INO3/c1-3-18-9(17)4-7-6(2)16-5-8(10(7)15)19-11(12,13)14/h5H,3-4H2,1-2H3. The van der Waals surface area contributed by atoms with Crippen LogP contribution in [0.15, 0.2) is 6.20 Å². The monoisotopic (exact) mass is 389 g/mol. The molecule has 106 valence electrons. The SMILES string of the molecule is CCOC(=O)Cc1c(C)ncc(OC(F)(F)F)c1I. The Morgan fingerprint density at radius 2 is 2.11 bits per heavy atom. The van der Waals surface area contributed by atoms with Crippen LogP contribution in [0.25, 0.3) is 0 Å². The van der Waals surface area contributed by atoms with Gasteiger partial charge in [-0.1, -0.05) is 0 Å². The molecular weight excluding hydrogens is 378 g/mol. The summed E-state index contributed by atoms with van der Waals surface area (Å²) in [7, 11) is 0. The van der Waals surface area contributed by atoms with Gasteiger partial charge in [0.2, 0.25) is 0 Å². The molecular formula is C11H11F3INO3. The van der Waals surface area contributed by atoms with E-state index >= 15 is 0 Å². The number of hydrogen-bond acceptors (Lipinski definition) is 4. The predicted molar refractivity (Wildman–Crippen MR) is 68.7 cm³/mol. The Hall–Kier alpha value is -1.06. The zero-order valence-corrected chi connectivity index (χ0v) is 12.3. The van der Waals surface area contributed by atoms with Crippen LogP contribution in [-0.2, 0) is 16.0 Å². The molecule has 0 atom stereocenters. The molecule has 0 saturated carbocycles. The Balaban J connectivity index is 3.03. The van der Waals surface area contributed by atoms with E-state index < -0.39 is 18.1 Å². The number of pyridine rings is 1. The van der Waals surface area contributed by atoms with Crippen LogP contribution in [-0.4, -0.2) is 23.9 Å². The number of nitrogens with zero attached hydrogens (tertiary/aromatic N) is 1. The van der Waals surface area contributed by atoms with Crippen molar-refractivity contribution in [3.8, 4) is 5.75 Å². The van der Waals surface area contributed by atoms with Gasteiger partial charge >= 0.3 is 12.3 Å². The van der Waals surface area contributed by atoms with Gasteiger partial charge in [-0.25, -0.2) is 0 Å². The van der Waals surface area contributed by atoms with E-state index in [0.29, 0.717) is 11.3 Å². The van der Waals surface area contributed by atoms with Crippen molar-refractivity contribution in [2.24, 2.45) is 0 Å². The van der Waals surface area contributed by atoms with E-state index in [1.54, 1.807) is 36.4 Å². The van der Waals surface area contributed by atoms with Gasteiger partial charge in [0, 0.05) is 11.3 Å². The van der Waals surface area contributed by atoms with Crippen LogP contribution in [0.5, 0.6) is 5.75 Å². The molecule has 0 aliphatic rings. The van der Waals surface area contributed by atoms with E-state index in [0.717, 1.165) is 6.20 Å². The number of alkyl halides is 3. The second kappa shape index (κ2) is 6.40. The van der Waals surface area contributed by atoms with Crippen molar-refractivity contribution < 1.29 is 27.4 Å². The lowest BCUT2D eigenvalue weighted by molar-refractivity contribution is -0.275. The largest absolute Gasteiger partial charge is 0.573 e. The van der Waals surface area contributed by atoms with Crippen LogP contribution in [0.2, 0.25) is 0 Å². The van der Waals surface area contributed by atoms with Gasteiger partial charge in [0.15, 0.2) is 5.75 Å². The summed E-state index contributed by atoms with van der Waals surface area (Å²) in [6.07, 6.45) is -3.95. The molecule has 0 aliphatic carbocycles. The molecule has 1 heterocycles. The van der Waals surface area contributed by atoms with Crippen molar-refractivity contribution in [1.82, 2.24) is 4.98 Å². The Kier molecular flexibility index (Phi) is 5.39. The van der Waals surface area contributed by atoms with Gasteiger partial charge in [0.05, 0.1) is 22.8 Å². The van der Waals surface area contributed by atoms with E-state index in [-0.39, 0.29) is 16.6 Å². The first-order chi connectivity index (χ1) is 8.74. The number of rotatable bonds is 4. The lowest BCUT2D eigenvalue weighted by atomic mass is 10.1. The maximum Gasteiger partial charge on any atom is 0.573 e. The second-order valence-corrected chi connectivity index (χ2v) is 4.61. The average Bonchev–Trinajstić information content (AvgIpc) is 2.27. The number of halogens is 4. The molecule has 8 heteroatoms. The van der Waals surface area contributed by atoms with E-state index in [1.807, 2.05) is 0 Å². The Morgan fingerprint density at radius 1 is 1.47 bits per heavy atom. The van der Waals surface area contributed by atoms with Gasteiger partial charge in [-0.05, 0) is 36.4 Å². The van der Waals surface area contributed by atoms with Crippen LogP contribution in [0.3, 0.4) is 0 Å². The number of aryl methyl sites for hydroxylation is 1. The summed E-state index contributed by atoms with van der Waals surface area (Å²) in [5, 5.41) is 0. The highest BCUT2D eigenvalue weighted by Crippen LogP contribution is 2.30. The molecule has 1 aromatic rings. The van der Waals surface area contributed by atoms with Gasteiger partial charge in [-0.2, -0.15) is 0 Å². The fourth-order valence-electron chi connectivity index (χ4n) is 1.36. The summed E-state index contributed by atoms with van der Waals surface area (Å²) in [6.45, 7) is 3.46. The molecule has 0 bridgehead atoms. The molecule has 0 N–H and O–H groups in total. The second-order valence-electron chi connectivity index (χ2n) is 3.53. The number of esters is 1. The summed E-state index contributed by atoms with van der Waals surface area (Å²) < 4.78 is 45.4. The predicted octanol–water partition coefficient (Wildman–Crippen LogP) is 3.00.